The molecule has 0 saturated carbocycles. The predicted molar refractivity (Wildman–Crippen MR) is 269 cm³/mol. The lowest BCUT2D eigenvalue weighted by atomic mass is 9.96. The van der Waals surface area contributed by atoms with Gasteiger partial charge in [0.15, 0.2) is 12.3 Å². The van der Waals surface area contributed by atoms with Gasteiger partial charge in [-0.1, -0.05) is 79.7 Å². The minimum Gasteiger partial charge on any atom is -0.314 e. The summed E-state index contributed by atoms with van der Waals surface area (Å²) < 4.78 is 0. The number of hydrogen-bond acceptors (Lipinski definition) is 4. The number of nitrogens with zero attached hydrogens (tertiary/aromatic N) is 4. The van der Waals surface area contributed by atoms with E-state index in [-0.39, 0.29) is 12.3 Å². The molecule has 0 spiro atoms. The lowest BCUT2D eigenvalue weighted by Gasteiger charge is -2.45. The van der Waals surface area contributed by atoms with E-state index in [0.717, 1.165) is 0 Å². The van der Waals surface area contributed by atoms with Crippen molar-refractivity contribution in [2.45, 2.75) is 147 Å². The summed E-state index contributed by atoms with van der Waals surface area (Å²) in [7, 11) is 0. The van der Waals surface area contributed by atoms with Gasteiger partial charge in [-0.25, -0.2) is 0 Å². The van der Waals surface area contributed by atoms with Crippen LogP contribution in [0.5, 0.6) is 0 Å². The van der Waals surface area contributed by atoms with Crippen molar-refractivity contribution in [3.63, 3.8) is 0 Å². The molecule has 322 valence electrons. The van der Waals surface area contributed by atoms with E-state index in [9.17, 15) is 0 Å². The van der Waals surface area contributed by atoms with Gasteiger partial charge in [0.05, 0.1) is 22.7 Å². The molecular weight excluding hydrogens is 753 g/mol. The molecule has 8 rings (SSSR count). The molecular formula is C58H70N4. The van der Waals surface area contributed by atoms with Crippen LogP contribution in [-0.4, -0.2) is 12.3 Å². The summed E-state index contributed by atoms with van der Waals surface area (Å²) in [5.74, 6) is 1.74. The van der Waals surface area contributed by atoms with Crippen LogP contribution in [0.4, 0.5) is 45.5 Å². The van der Waals surface area contributed by atoms with Crippen LogP contribution in [0.2, 0.25) is 0 Å². The van der Waals surface area contributed by atoms with Gasteiger partial charge in [0, 0.05) is 22.7 Å². The van der Waals surface area contributed by atoms with E-state index in [2.05, 4.69) is 227 Å². The van der Waals surface area contributed by atoms with Crippen molar-refractivity contribution in [1.29, 1.82) is 0 Å². The van der Waals surface area contributed by atoms with Crippen LogP contribution in [-0.2, 0) is 0 Å². The van der Waals surface area contributed by atoms with Crippen LogP contribution >= 0.6 is 0 Å². The molecule has 0 unspecified atom stereocenters. The van der Waals surface area contributed by atoms with E-state index in [0.29, 0.717) is 23.7 Å². The van der Waals surface area contributed by atoms with Gasteiger partial charge in [-0.3, -0.25) is 0 Å². The quantitative estimate of drug-likeness (QED) is 0.144. The molecule has 0 atom stereocenters. The highest BCUT2D eigenvalue weighted by Crippen LogP contribution is 2.57. The van der Waals surface area contributed by atoms with Crippen molar-refractivity contribution in [2.75, 3.05) is 19.6 Å². The number of rotatable bonds is 9. The first-order valence-electron chi connectivity index (χ1n) is 23.2. The van der Waals surface area contributed by atoms with E-state index in [1.54, 1.807) is 0 Å². The molecule has 2 aliphatic heterocycles. The van der Waals surface area contributed by atoms with Crippen molar-refractivity contribution in [3.05, 3.63) is 164 Å². The Hall–Kier alpha value is -5.48. The Balaban J connectivity index is 1.51. The first-order valence-corrected chi connectivity index (χ1v) is 23.2. The molecule has 0 saturated heterocycles. The summed E-state index contributed by atoms with van der Waals surface area (Å²) in [5, 5.41) is 0. The third-order valence-electron chi connectivity index (χ3n) is 14.2. The first kappa shape index (κ1) is 43.2. The molecule has 0 fully saturated rings. The summed E-state index contributed by atoms with van der Waals surface area (Å²) in [4.78, 5) is 10.7. The molecule has 4 heteroatoms. The Morgan fingerprint density at radius 2 is 0.468 bits per heavy atom. The SMILES string of the molecule is Cc1cc2c(cc1C)N(c1ccc(C(C)C)c(C)c1)C(C1N(c3ccc(C(C)C)c(C)c3)c3cc(C)c(C)cc3N1c1ccc(C(C)C)c(C)c1)N2c1ccc(C(C)C)c(C)c1. The second-order valence-corrected chi connectivity index (χ2v) is 19.9. The van der Waals surface area contributed by atoms with Crippen LogP contribution in [0, 0.1) is 55.4 Å². The molecule has 6 aromatic rings. The number of hydrogen-bond donors (Lipinski definition) is 0. The third kappa shape index (κ3) is 7.27. The van der Waals surface area contributed by atoms with E-state index >= 15 is 0 Å². The summed E-state index contributed by atoms with van der Waals surface area (Å²) in [5.41, 5.74) is 25.8. The van der Waals surface area contributed by atoms with E-state index < -0.39 is 0 Å². The average molecular weight is 823 g/mol. The van der Waals surface area contributed by atoms with Gasteiger partial charge in [0.1, 0.15) is 0 Å². The highest BCUT2D eigenvalue weighted by atomic mass is 15.5. The van der Waals surface area contributed by atoms with Crippen LogP contribution in [0.25, 0.3) is 0 Å². The van der Waals surface area contributed by atoms with E-state index in [1.807, 2.05) is 0 Å². The maximum Gasteiger partial charge on any atom is 0.151 e. The summed E-state index contributed by atoms with van der Waals surface area (Å²) in [6.07, 6.45) is -0.411. The third-order valence-corrected chi connectivity index (χ3v) is 14.2. The van der Waals surface area contributed by atoms with Gasteiger partial charge in [-0.05, 0) is 219 Å². The highest BCUT2D eigenvalue weighted by Gasteiger charge is 2.52. The van der Waals surface area contributed by atoms with Gasteiger partial charge in [-0.2, -0.15) is 0 Å². The van der Waals surface area contributed by atoms with Crippen LogP contribution in [0.15, 0.2) is 97.1 Å². The van der Waals surface area contributed by atoms with E-state index in [4.69, 9.17) is 0 Å². The van der Waals surface area contributed by atoms with Crippen molar-refractivity contribution in [2.24, 2.45) is 0 Å². The monoisotopic (exact) mass is 823 g/mol. The van der Waals surface area contributed by atoms with Gasteiger partial charge in [-0.15, -0.1) is 0 Å². The molecule has 4 nitrogen and oxygen atoms in total. The van der Waals surface area contributed by atoms with Crippen molar-refractivity contribution in [1.82, 2.24) is 0 Å². The van der Waals surface area contributed by atoms with Crippen molar-refractivity contribution in [3.8, 4) is 0 Å². The Kier molecular flexibility index (Phi) is 11.4. The van der Waals surface area contributed by atoms with Crippen molar-refractivity contribution < 1.29 is 0 Å². The van der Waals surface area contributed by atoms with E-state index in [1.165, 1.54) is 112 Å². The molecule has 0 aromatic heterocycles. The summed E-state index contributed by atoms with van der Waals surface area (Å²) >= 11 is 0. The fraction of sp³-hybridized carbons (Fsp3) is 0.379. The zero-order valence-electron chi connectivity index (χ0n) is 40.5. The molecule has 0 amide bonds. The Morgan fingerprint density at radius 3 is 0.629 bits per heavy atom. The number of benzene rings is 6. The summed E-state index contributed by atoms with van der Waals surface area (Å²) in [6, 6.07) is 38.7. The molecule has 62 heavy (non-hydrogen) atoms. The molecule has 0 bridgehead atoms. The maximum atomic E-state index is 2.69. The van der Waals surface area contributed by atoms with Crippen LogP contribution in [0.3, 0.4) is 0 Å². The average Bonchev–Trinajstić information content (AvgIpc) is 3.68. The Morgan fingerprint density at radius 1 is 0.274 bits per heavy atom. The Bertz CT molecular complexity index is 2310. The molecule has 0 aliphatic carbocycles. The van der Waals surface area contributed by atoms with Crippen LogP contribution in [0.1, 0.15) is 146 Å². The van der Waals surface area contributed by atoms with Gasteiger partial charge in [0.25, 0.3) is 0 Å². The zero-order chi connectivity index (χ0) is 44.6. The van der Waals surface area contributed by atoms with Gasteiger partial charge < -0.3 is 19.6 Å². The molecule has 6 aromatic carbocycles. The number of aryl methyl sites for hydroxylation is 8. The molecule has 2 heterocycles. The van der Waals surface area contributed by atoms with Crippen LogP contribution < -0.4 is 19.6 Å². The minimum absolute atomic E-state index is 0.206. The lowest BCUT2D eigenvalue weighted by Crippen LogP contribution is -2.58. The first-order chi connectivity index (χ1) is 29.4. The topological polar surface area (TPSA) is 13.0 Å². The smallest absolute Gasteiger partial charge is 0.151 e. The molecule has 0 N–H and O–H groups in total. The number of anilines is 8. The normalized spacial score (nSPS) is 14.5. The highest BCUT2D eigenvalue weighted by molar-refractivity contribution is 5.95. The minimum atomic E-state index is -0.206. The molecule has 2 aliphatic rings. The number of fused-ring (bicyclic) bond motifs is 2. The van der Waals surface area contributed by atoms with Gasteiger partial charge >= 0.3 is 0 Å². The zero-order valence-corrected chi connectivity index (χ0v) is 40.5. The fourth-order valence-corrected chi connectivity index (χ4v) is 10.7. The predicted octanol–water partition coefficient (Wildman–Crippen LogP) is 16.6. The lowest BCUT2D eigenvalue weighted by molar-refractivity contribution is 0.549. The Labute approximate surface area is 374 Å². The fourth-order valence-electron chi connectivity index (χ4n) is 10.7. The standard InChI is InChI=1S/C58H70N4/c1-33(2)49-21-17-45(25-41(49)13)59-53-29-37(9)38(10)30-54(53)60(46-18-22-50(34(3)4)42(14)26-46)57(59)58-61(47-19-23-51(35(5)6)43(15)27-47)55-31-39(11)40(12)32-56(55)62(58)48-20-24-52(36(7)8)44(16)28-48/h17-36,57-58H,1-16H3. The molecule has 0 radical (unpaired) electrons. The summed E-state index contributed by atoms with van der Waals surface area (Å²) in [6.45, 7) is 36.7. The maximum absolute atomic E-state index is 2.69. The second kappa shape index (κ2) is 16.3. The second-order valence-electron chi connectivity index (χ2n) is 19.9. The largest absolute Gasteiger partial charge is 0.314 e. The van der Waals surface area contributed by atoms with Gasteiger partial charge in [0.2, 0.25) is 0 Å². The van der Waals surface area contributed by atoms with Crippen molar-refractivity contribution >= 4 is 45.5 Å².